The van der Waals surface area contributed by atoms with Crippen molar-refractivity contribution in [2.24, 2.45) is 5.92 Å². The molecule has 1 aromatic carbocycles. The van der Waals surface area contributed by atoms with Crippen molar-refractivity contribution in [1.29, 1.82) is 0 Å². The lowest BCUT2D eigenvalue weighted by molar-refractivity contribution is 0.227. The van der Waals surface area contributed by atoms with Gasteiger partial charge in [0.1, 0.15) is 5.75 Å². The van der Waals surface area contributed by atoms with Gasteiger partial charge in [0.25, 0.3) is 0 Å². The molecule has 0 atom stereocenters. The maximum atomic E-state index is 9.62. The maximum absolute atomic E-state index is 9.62. The molecule has 2 N–H and O–H groups in total. The molecule has 0 saturated carbocycles. The van der Waals surface area contributed by atoms with Gasteiger partial charge in [0.2, 0.25) is 0 Å². The smallest absolute Gasteiger partial charge is 0.115 e. The zero-order valence-corrected chi connectivity index (χ0v) is 10.2. The summed E-state index contributed by atoms with van der Waals surface area (Å²) < 4.78 is 0. The van der Waals surface area contributed by atoms with Crippen LogP contribution in [0.1, 0.15) is 32.3 Å². The molecule has 16 heavy (non-hydrogen) atoms. The first kappa shape index (κ1) is 11.5. The van der Waals surface area contributed by atoms with Gasteiger partial charge in [-0.25, -0.2) is 0 Å². The fraction of sp³-hybridized carbons (Fsp3) is 0.571. The third-order valence-electron chi connectivity index (χ3n) is 4.02. The monoisotopic (exact) mass is 219 g/mol. The number of hydrogen-bond donors (Lipinski definition) is 2. The number of phenols is 1. The van der Waals surface area contributed by atoms with E-state index in [1.54, 1.807) is 6.07 Å². The Bertz CT molecular complexity index is 354. The van der Waals surface area contributed by atoms with Crippen LogP contribution in [0.3, 0.4) is 0 Å². The molecule has 1 saturated heterocycles. The van der Waals surface area contributed by atoms with E-state index in [9.17, 15) is 5.11 Å². The van der Waals surface area contributed by atoms with Gasteiger partial charge in [-0.05, 0) is 49.5 Å². The van der Waals surface area contributed by atoms with E-state index in [4.69, 9.17) is 0 Å². The van der Waals surface area contributed by atoms with Crippen molar-refractivity contribution in [3.05, 3.63) is 29.8 Å². The fourth-order valence-corrected chi connectivity index (χ4v) is 2.89. The van der Waals surface area contributed by atoms with Crippen LogP contribution in [0.15, 0.2) is 24.3 Å². The minimum atomic E-state index is 0.240. The molecule has 2 nitrogen and oxygen atoms in total. The van der Waals surface area contributed by atoms with Crippen LogP contribution in [-0.4, -0.2) is 18.2 Å². The number of rotatable bonds is 2. The second kappa shape index (κ2) is 4.46. The second-order valence-corrected chi connectivity index (χ2v) is 5.11. The van der Waals surface area contributed by atoms with E-state index in [0.29, 0.717) is 11.7 Å². The van der Waals surface area contributed by atoms with E-state index in [-0.39, 0.29) is 5.41 Å². The second-order valence-electron chi connectivity index (χ2n) is 5.11. The van der Waals surface area contributed by atoms with E-state index < -0.39 is 0 Å². The lowest BCUT2D eigenvalue weighted by atomic mass is 9.66. The van der Waals surface area contributed by atoms with E-state index in [2.05, 4.69) is 25.2 Å². The summed E-state index contributed by atoms with van der Waals surface area (Å²) in [5.41, 5.74) is 1.54. The van der Waals surface area contributed by atoms with Gasteiger partial charge in [0.15, 0.2) is 0 Å². The molecule has 1 aromatic rings. The quantitative estimate of drug-likeness (QED) is 0.801. The van der Waals surface area contributed by atoms with Crippen LogP contribution in [0.25, 0.3) is 0 Å². The van der Waals surface area contributed by atoms with E-state index >= 15 is 0 Å². The van der Waals surface area contributed by atoms with Gasteiger partial charge in [-0.15, -0.1) is 0 Å². The molecule has 0 spiro atoms. The molecule has 0 amide bonds. The Morgan fingerprint density at radius 1 is 1.25 bits per heavy atom. The predicted molar refractivity (Wildman–Crippen MR) is 66.7 cm³/mol. The molecule has 0 radical (unpaired) electrons. The normalized spacial score (nSPS) is 19.9. The highest BCUT2D eigenvalue weighted by molar-refractivity contribution is 5.34. The highest BCUT2D eigenvalue weighted by Crippen LogP contribution is 2.41. The number of aromatic hydroxyl groups is 1. The molecule has 2 heteroatoms. The van der Waals surface area contributed by atoms with Gasteiger partial charge in [-0.3, -0.25) is 0 Å². The average molecular weight is 219 g/mol. The predicted octanol–water partition coefficient (Wildman–Crippen LogP) is 2.67. The molecule has 1 aliphatic rings. The molecule has 1 heterocycles. The standard InChI is InChI=1S/C14H21NO/c1-11(2)14(6-8-15-9-7-14)12-4-3-5-13(16)10-12/h3-5,10-11,15-16H,6-9H2,1-2H3. The summed E-state index contributed by atoms with van der Waals surface area (Å²) in [5, 5.41) is 13.0. The van der Waals surface area contributed by atoms with Crippen molar-refractivity contribution >= 4 is 0 Å². The Hall–Kier alpha value is -1.02. The Kier molecular flexibility index (Phi) is 3.20. The first-order valence-corrected chi connectivity index (χ1v) is 6.15. The lowest BCUT2D eigenvalue weighted by Gasteiger charge is -2.42. The Labute approximate surface area is 97.7 Å². The molecular formula is C14H21NO. The number of nitrogens with one attached hydrogen (secondary N) is 1. The third-order valence-corrected chi connectivity index (χ3v) is 4.02. The molecule has 0 unspecified atom stereocenters. The Morgan fingerprint density at radius 2 is 1.94 bits per heavy atom. The zero-order chi connectivity index (χ0) is 11.6. The summed E-state index contributed by atoms with van der Waals surface area (Å²) in [6.07, 6.45) is 2.32. The average Bonchev–Trinajstić information content (AvgIpc) is 2.30. The first-order valence-electron chi connectivity index (χ1n) is 6.15. The van der Waals surface area contributed by atoms with E-state index in [0.717, 1.165) is 25.9 Å². The number of hydrogen-bond acceptors (Lipinski definition) is 2. The molecule has 0 aromatic heterocycles. The van der Waals surface area contributed by atoms with Crippen molar-refractivity contribution in [1.82, 2.24) is 5.32 Å². The third kappa shape index (κ3) is 1.94. The summed E-state index contributed by atoms with van der Waals surface area (Å²) in [5.74, 6) is 0.993. The highest BCUT2D eigenvalue weighted by Gasteiger charge is 2.36. The largest absolute Gasteiger partial charge is 0.508 e. The summed E-state index contributed by atoms with van der Waals surface area (Å²) in [6, 6.07) is 7.80. The minimum Gasteiger partial charge on any atom is -0.508 e. The van der Waals surface area contributed by atoms with Crippen LogP contribution in [0.4, 0.5) is 0 Å². The lowest BCUT2D eigenvalue weighted by Crippen LogP contribution is -2.43. The van der Waals surface area contributed by atoms with Gasteiger partial charge >= 0.3 is 0 Å². The summed E-state index contributed by atoms with van der Waals surface area (Å²) in [7, 11) is 0. The molecule has 1 aliphatic heterocycles. The fourth-order valence-electron chi connectivity index (χ4n) is 2.89. The molecule has 0 bridgehead atoms. The van der Waals surface area contributed by atoms with E-state index in [1.807, 2.05) is 12.1 Å². The first-order chi connectivity index (χ1) is 7.65. The molecule has 88 valence electrons. The number of phenolic OH excluding ortho intramolecular Hbond substituents is 1. The molecule has 0 aliphatic carbocycles. The van der Waals surface area contributed by atoms with Crippen LogP contribution in [0, 0.1) is 5.92 Å². The van der Waals surface area contributed by atoms with Gasteiger partial charge in [-0.1, -0.05) is 26.0 Å². The van der Waals surface area contributed by atoms with Crippen molar-refractivity contribution in [3.8, 4) is 5.75 Å². The van der Waals surface area contributed by atoms with Crippen LogP contribution < -0.4 is 5.32 Å². The highest BCUT2D eigenvalue weighted by atomic mass is 16.3. The van der Waals surface area contributed by atoms with Crippen LogP contribution in [0.5, 0.6) is 5.75 Å². The van der Waals surface area contributed by atoms with Crippen molar-refractivity contribution in [3.63, 3.8) is 0 Å². The van der Waals surface area contributed by atoms with E-state index in [1.165, 1.54) is 5.56 Å². The van der Waals surface area contributed by atoms with Gasteiger partial charge in [-0.2, -0.15) is 0 Å². The van der Waals surface area contributed by atoms with Crippen molar-refractivity contribution in [2.75, 3.05) is 13.1 Å². The summed E-state index contributed by atoms with van der Waals surface area (Å²) in [6.45, 7) is 6.73. The van der Waals surface area contributed by atoms with Gasteiger partial charge in [0, 0.05) is 5.41 Å². The van der Waals surface area contributed by atoms with Crippen LogP contribution in [0.2, 0.25) is 0 Å². The Balaban J connectivity index is 2.38. The van der Waals surface area contributed by atoms with Crippen molar-refractivity contribution in [2.45, 2.75) is 32.1 Å². The Morgan fingerprint density at radius 3 is 2.50 bits per heavy atom. The molecule has 2 rings (SSSR count). The number of benzene rings is 1. The minimum absolute atomic E-state index is 0.240. The zero-order valence-electron chi connectivity index (χ0n) is 10.2. The maximum Gasteiger partial charge on any atom is 0.115 e. The number of piperidine rings is 1. The SMILES string of the molecule is CC(C)C1(c2cccc(O)c2)CCNCC1. The van der Waals surface area contributed by atoms with Crippen molar-refractivity contribution < 1.29 is 5.11 Å². The molecular weight excluding hydrogens is 198 g/mol. The van der Waals surface area contributed by atoms with Gasteiger partial charge < -0.3 is 10.4 Å². The summed E-state index contributed by atoms with van der Waals surface area (Å²) in [4.78, 5) is 0. The van der Waals surface area contributed by atoms with Gasteiger partial charge in [0.05, 0.1) is 0 Å². The summed E-state index contributed by atoms with van der Waals surface area (Å²) >= 11 is 0. The topological polar surface area (TPSA) is 32.3 Å². The molecule has 1 fully saturated rings. The van der Waals surface area contributed by atoms with Crippen LogP contribution >= 0.6 is 0 Å². The van der Waals surface area contributed by atoms with Crippen LogP contribution in [-0.2, 0) is 5.41 Å².